The molecule has 0 nitrogen and oxygen atoms in total. The van der Waals surface area contributed by atoms with Crippen LogP contribution in [0.4, 0.5) is 30.7 Å². The highest BCUT2D eigenvalue weighted by Gasteiger charge is 2.74. The Labute approximate surface area is 119 Å². The lowest BCUT2D eigenvalue weighted by atomic mass is 9.81. The zero-order chi connectivity index (χ0) is 15.9. The van der Waals surface area contributed by atoms with Crippen LogP contribution in [0.15, 0.2) is 11.6 Å². The van der Waals surface area contributed by atoms with E-state index in [0.29, 0.717) is 6.08 Å². The molecule has 0 aromatic heterocycles. The Morgan fingerprint density at radius 2 is 1.50 bits per heavy atom. The quantitative estimate of drug-likeness (QED) is 0.282. The maximum Gasteiger partial charge on any atom is 0.435 e. The van der Waals surface area contributed by atoms with Crippen molar-refractivity contribution in [3.63, 3.8) is 0 Å². The van der Waals surface area contributed by atoms with Gasteiger partial charge in [0, 0.05) is 0 Å². The second kappa shape index (κ2) is 5.30. The van der Waals surface area contributed by atoms with E-state index in [2.05, 4.69) is 5.92 Å². The van der Waals surface area contributed by atoms with E-state index in [1.165, 1.54) is 0 Å². The van der Waals surface area contributed by atoms with Crippen LogP contribution in [0.3, 0.4) is 0 Å². The number of halogens is 9. The first-order valence-electron chi connectivity index (χ1n) is 5.14. The largest absolute Gasteiger partial charge is 0.435 e. The van der Waals surface area contributed by atoms with Gasteiger partial charge < -0.3 is 0 Å². The van der Waals surface area contributed by atoms with Crippen molar-refractivity contribution in [2.75, 3.05) is 0 Å². The van der Waals surface area contributed by atoms with Gasteiger partial charge in [-0.05, 0) is 12.0 Å². The highest BCUT2D eigenvalue weighted by atomic mass is 35.5. The zero-order valence-electron chi connectivity index (χ0n) is 9.50. The van der Waals surface area contributed by atoms with Crippen LogP contribution in [0.2, 0.25) is 0 Å². The van der Waals surface area contributed by atoms with Crippen molar-refractivity contribution in [1.29, 1.82) is 0 Å². The molecule has 1 aliphatic rings. The molecule has 0 fully saturated rings. The molecule has 0 aliphatic heterocycles. The summed E-state index contributed by atoms with van der Waals surface area (Å²) in [5.41, 5.74) is -7.05. The molecular formula is C11H7Cl2F7. The Morgan fingerprint density at radius 3 is 1.80 bits per heavy atom. The molecule has 1 aliphatic carbocycles. The molecule has 9 heteroatoms. The molecule has 3 atom stereocenters. The minimum absolute atomic E-state index is 0.353. The summed E-state index contributed by atoms with van der Waals surface area (Å²) in [5.74, 6) is 1.08. The van der Waals surface area contributed by atoms with Crippen molar-refractivity contribution in [2.24, 2.45) is 5.92 Å². The Morgan fingerprint density at radius 1 is 1.05 bits per heavy atom. The summed E-state index contributed by atoms with van der Waals surface area (Å²) in [6.07, 6.45) is -7.96. The molecule has 0 radical (unpaired) electrons. The predicted molar refractivity (Wildman–Crippen MR) is 60.3 cm³/mol. The first-order chi connectivity index (χ1) is 8.86. The molecule has 0 aromatic carbocycles. The summed E-state index contributed by atoms with van der Waals surface area (Å²) < 4.78 is 89.1. The van der Waals surface area contributed by atoms with Crippen LogP contribution in [0.5, 0.6) is 0 Å². The average Bonchev–Trinajstić information content (AvgIpc) is 2.24. The van der Waals surface area contributed by atoms with Crippen LogP contribution in [-0.4, -0.2) is 28.8 Å². The van der Waals surface area contributed by atoms with Gasteiger partial charge in [0.05, 0.1) is 16.7 Å². The Kier molecular flexibility index (Phi) is 4.62. The molecular weight excluding hydrogens is 336 g/mol. The Balaban J connectivity index is 3.36. The first-order valence-corrected chi connectivity index (χ1v) is 6.01. The fraction of sp³-hybridized carbons (Fsp3) is 0.636. The van der Waals surface area contributed by atoms with E-state index in [9.17, 15) is 30.7 Å². The average molecular weight is 343 g/mol. The van der Waals surface area contributed by atoms with E-state index in [-0.39, 0.29) is 0 Å². The number of rotatable bonds is 1. The van der Waals surface area contributed by atoms with Crippen LogP contribution in [0, 0.1) is 18.3 Å². The third-order valence-electron chi connectivity index (χ3n) is 2.92. The minimum atomic E-state index is -6.17. The fourth-order valence-corrected chi connectivity index (χ4v) is 2.75. The van der Waals surface area contributed by atoms with Gasteiger partial charge in [0.25, 0.3) is 0 Å². The van der Waals surface area contributed by atoms with Gasteiger partial charge in [-0.25, -0.2) is 4.39 Å². The van der Waals surface area contributed by atoms with E-state index >= 15 is 0 Å². The number of hydrogen-bond donors (Lipinski definition) is 0. The lowest BCUT2D eigenvalue weighted by Gasteiger charge is -2.37. The van der Waals surface area contributed by atoms with Gasteiger partial charge in [0.15, 0.2) is 0 Å². The summed E-state index contributed by atoms with van der Waals surface area (Å²) >= 11 is 11.2. The number of terminal acetylenes is 1. The maximum atomic E-state index is 13.8. The van der Waals surface area contributed by atoms with Crippen molar-refractivity contribution in [2.45, 2.75) is 35.2 Å². The standard InChI is InChI=1S/C11H7Cl2F7/c1-2-6-7(12)3-5(4-8(6)13)9(14,10(15,16)17)11(18,19)20/h1,3,6-8H,4H2. The van der Waals surface area contributed by atoms with Gasteiger partial charge in [-0.3, -0.25) is 0 Å². The van der Waals surface area contributed by atoms with Crippen molar-refractivity contribution in [1.82, 2.24) is 0 Å². The molecule has 114 valence electrons. The molecule has 20 heavy (non-hydrogen) atoms. The van der Waals surface area contributed by atoms with Gasteiger partial charge in [0.1, 0.15) is 0 Å². The van der Waals surface area contributed by atoms with E-state index < -0.39 is 46.7 Å². The molecule has 0 aromatic rings. The number of alkyl halides is 9. The van der Waals surface area contributed by atoms with Crippen molar-refractivity contribution in [3.05, 3.63) is 11.6 Å². The second-order valence-electron chi connectivity index (χ2n) is 4.20. The van der Waals surface area contributed by atoms with Gasteiger partial charge in [-0.1, -0.05) is 12.0 Å². The van der Waals surface area contributed by atoms with Crippen LogP contribution < -0.4 is 0 Å². The molecule has 0 bridgehead atoms. The monoisotopic (exact) mass is 342 g/mol. The van der Waals surface area contributed by atoms with Crippen LogP contribution in [-0.2, 0) is 0 Å². The Bertz CT molecular complexity index is 429. The van der Waals surface area contributed by atoms with Crippen molar-refractivity contribution < 1.29 is 30.7 Å². The molecule has 0 N–H and O–H groups in total. The highest BCUT2D eigenvalue weighted by Crippen LogP contribution is 2.53. The molecule has 3 unspecified atom stereocenters. The molecule has 0 spiro atoms. The third kappa shape index (κ3) is 2.73. The lowest BCUT2D eigenvalue weighted by Crippen LogP contribution is -2.56. The van der Waals surface area contributed by atoms with Gasteiger partial charge in [0.2, 0.25) is 0 Å². The highest BCUT2D eigenvalue weighted by molar-refractivity contribution is 6.25. The number of allylic oxidation sites excluding steroid dienone is 2. The van der Waals surface area contributed by atoms with Crippen LogP contribution >= 0.6 is 23.2 Å². The van der Waals surface area contributed by atoms with Crippen LogP contribution in [0.25, 0.3) is 0 Å². The van der Waals surface area contributed by atoms with E-state index in [1.54, 1.807) is 0 Å². The molecule has 0 amide bonds. The molecule has 0 saturated heterocycles. The molecule has 1 rings (SSSR count). The summed E-state index contributed by atoms with van der Waals surface area (Å²) in [4.78, 5) is 0. The molecule has 0 heterocycles. The summed E-state index contributed by atoms with van der Waals surface area (Å²) in [5, 5.41) is -2.73. The smallest absolute Gasteiger partial charge is 0.219 e. The summed E-state index contributed by atoms with van der Waals surface area (Å²) in [6, 6.07) is 0. The van der Waals surface area contributed by atoms with Crippen molar-refractivity contribution in [3.8, 4) is 12.3 Å². The van der Waals surface area contributed by atoms with E-state index in [1.807, 2.05) is 0 Å². The third-order valence-corrected chi connectivity index (χ3v) is 3.75. The lowest BCUT2D eigenvalue weighted by molar-refractivity contribution is -0.327. The van der Waals surface area contributed by atoms with Gasteiger partial charge >= 0.3 is 18.0 Å². The predicted octanol–water partition coefficient (Wildman–Crippen LogP) is 4.61. The van der Waals surface area contributed by atoms with Crippen molar-refractivity contribution >= 4 is 23.2 Å². The SMILES string of the molecule is C#CC1C(Cl)C=C(C(F)(C(F)(F)F)C(F)(F)F)CC1Cl. The van der Waals surface area contributed by atoms with E-state index in [0.717, 1.165) is 0 Å². The maximum absolute atomic E-state index is 13.8. The summed E-state index contributed by atoms with van der Waals surface area (Å²) in [6.45, 7) is 0. The number of hydrogen-bond acceptors (Lipinski definition) is 0. The fourth-order valence-electron chi connectivity index (χ4n) is 1.88. The Hall–Kier alpha value is -0.610. The van der Waals surface area contributed by atoms with Gasteiger partial charge in [-0.15, -0.1) is 29.6 Å². The zero-order valence-corrected chi connectivity index (χ0v) is 11.0. The topological polar surface area (TPSA) is 0 Å². The van der Waals surface area contributed by atoms with E-state index in [4.69, 9.17) is 29.6 Å². The summed E-state index contributed by atoms with van der Waals surface area (Å²) in [7, 11) is 0. The molecule has 0 saturated carbocycles. The minimum Gasteiger partial charge on any atom is -0.219 e. The second-order valence-corrected chi connectivity index (χ2v) is 5.27. The normalized spacial score (nSPS) is 28.8. The van der Waals surface area contributed by atoms with Gasteiger partial charge in [-0.2, -0.15) is 26.3 Å². The first kappa shape index (κ1) is 17.4. The van der Waals surface area contributed by atoms with Crippen LogP contribution in [0.1, 0.15) is 6.42 Å².